The fourth-order valence-electron chi connectivity index (χ4n) is 2.90. The lowest BCUT2D eigenvalue weighted by Crippen LogP contribution is -2.47. The summed E-state index contributed by atoms with van der Waals surface area (Å²) in [4.78, 5) is 28.8. The summed E-state index contributed by atoms with van der Waals surface area (Å²) >= 11 is 1.67. The van der Waals surface area contributed by atoms with E-state index >= 15 is 0 Å². The van der Waals surface area contributed by atoms with E-state index in [1.54, 1.807) is 11.8 Å². The Bertz CT molecular complexity index is 630. The minimum atomic E-state index is -0.518. The molecule has 122 valence electrons. The van der Waals surface area contributed by atoms with Gasteiger partial charge >= 0.3 is 6.09 Å². The van der Waals surface area contributed by atoms with Gasteiger partial charge in [-0.3, -0.25) is 4.79 Å². The minimum absolute atomic E-state index is 0.0349. The second-order valence-electron chi connectivity index (χ2n) is 5.87. The number of imide groups is 1. The molecule has 1 aromatic carbocycles. The fraction of sp³-hybridized carbons (Fsp3) is 0.412. The number of ether oxygens (including phenoxy) is 1. The summed E-state index contributed by atoms with van der Waals surface area (Å²) in [7, 11) is 3.92. The Morgan fingerprint density at radius 2 is 2.04 bits per heavy atom. The first kappa shape index (κ1) is 16.1. The van der Waals surface area contributed by atoms with Crippen molar-refractivity contribution in [3.8, 4) is 0 Å². The van der Waals surface area contributed by atoms with E-state index in [1.165, 1.54) is 9.81 Å². The lowest BCUT2D eigenvalue weighted by Gasteiger charge is -2.34. The highest BCUT2D eigenvalue weighted by atomic mass is 32.2. The summed E-state index contributed by atoms with van der Waals surface area (Å²) in [6, 6.07) is 10.1. The molecular weight excluding hydrogens is 312 g/mol. The smallest absolute Gasteiger partial charge is 0.416 e. The normalized spacial score (nSPS) is 24.6. The highest BCUT2D eigenvalue weighted by Gasteiger charge is 2.39. The van der Waals surface area contributed by atoms with Crippen LogP contribution < -0.4 is 0 Å². The second-order valence-corrected chi connectivity index (χ2v) is 6.93. The number of cyclic esters (lactones) is 1. The average Bonchev–Trinajstić information content (AvgIpc) is 3.00. The molecule has 23 heavy (non-hydrogen) atoms. The summed E-state index contributed by atoms with van der Waals surface area (Å²) in [5, 5.41) is 0. The standard InChI is InChI=1S/C17H20N2O3S/c1-18(2)14-10-15(12-6-4-3-5-7-12)23-11-13(14)16(20)19-8-9-22-17(19)21/h3-7,10,13-14H,8-9,11H2,1-2H3/t13-,14+/m0/s1. The van der Waals surface area contributed by atoms with Gasteiger partial charge in [0.05, 0.1) is 12.5 Å². The quantitative estimate of drug-likeness (QED) is 0.850. The molecule has 0 spiro atoms. The minimum Gasteiger partial charge on any atom is -0.447 e. The van der Waals surface area contributed by atoms with Crippen LogP contribution in [0.5, 0.6) is 0 Å². The van der Waals surface area contributed by atoms with E-state index < -0.39 is 6.09 Å². The number of thioether (sulfide) groups is 1. The predicted octanol–water partition coefficient (Wildman–Crippen LogP) is 2.30. The molecule has 0 aromatic heterocycles. The van der Waals surface area contributed by atoms with E-state index in [4.69, 9.17) is 4.74 Å². The molecule has 5 nitrogen and oxygen atoms in total. The number of hydrogen-bond acceptors (Lipinski definition) is 5. The maximum Gasteiger partial charge on any atom is 0.416 e. The third-order valence-corrected chi connectivity index (χ3v) is 5.36. The monoisotopic (exact) mass is 332 g/mol. The molecule has 2 amide bonds. The molecule has 3 rings (SSSR count). The number of benzene rings is 1. The van der Waals surface area contributed by atoms with Crippen LogP contribution in [-0.2, 0) is 9.53 Å². The number of nitrogens with zero attached hydrogens (tertiary/aromatic N) is 2. The van der Waals surface area contributed by atoms with Crippen molar-refractivity contribution < 1.29 is 14.3 Å². The van der Waals surface area contributed by atoms with Gasteiger partial charge < -0.3 is 9.64 Å². The van der Waals surface area contributed by atoms with Gasteiger partial charge in [0.25, 0.3) is 0 Å². The largest absolute Gasteiger partial charge is 0.447 e. The van der Waals surface area contributed by atoms with E-state index in [2.05, 4.69) is 18.2 Å². The molecule has 0 N–H and O–H groups in total. The van der Waals surface area contributed by atoms with Crippen LogP contribution in [0.1, 0.15) is 5.56 Å². The summed E-state index contributed by atoms with van der Waals surface area (Å²) in [6.07, 6.45) is 1.61. The van der Waals surface area contributed by atoms with E-state index in [0.717, 1.165) is 5.56 Å². The zero-order chi connectivity index (χ0) is 16.4. The third-order valence-electron chi connectivity index (χ3n) is 4.15. The Hall–Kier alpha value is -1.79. The molecule has 6 heteroatoms. The van der Waals surface area contributed by atoms with E-state index in [-0.39, 0.29) is 17.9 Å². The SMILES string of the molecule is CN(C)[C@@H]1C=C(c2ccccc2)SC[C@@H]1C(=O)N1CCOC1=O. The molecule has 2 aliphatic rings. The Labute approximate surface area is 140 Å². The Morgan fingerprint density at radius 1 is 1.30 bits per heavy atom. The van der Waals surface area contributed by atoms with Crippen molar-refractivity contribution in [3.63, 3.8) is 0 Å². The zero-order valence-electron chi connectivity index (χ0n) is 13.3. The summed E-state index contributed by atoms with van der Waals surface area (Å²) in [5.74, 6) is 0.279. The van der Waals surface area contributed by atoms with Crippen molar-refractivity contribution in [2.45, 2.75) is 6.04 Å². The topological polar surface area (TPSA) is 49.9 Å². The van der Waals surface area contributed by atoms with E-state index in [9.17, 15) is 9.59 Å². The first-order chi connectivity index (χ1) is 11.1. The van der Waals surface area contributed by atoms with Gasteiger partial charge in [0.1, 0.15) is 6.61 Å². The van der Waals surface area contributed by atoms with Crippen LogP contribution in [0.4, 0.5) is 4.79 Å². The molecule has 0 saturated carbocycles. The van der Waals surface area contributed by atoms with Gasteiger partial charge in [-0.05, 0) is 19.7 Å². The lowest BCUT2D eigenvalue weighted by atomic mass is 9.97. The maximum atomic E-state index is 12.7. The molecule has 0 bridgehead atoms. The van der Waals surface area contributed by atoms with Crippen LogP contribution in [0.2, 0.25) is 0 Å². The molecule has 0 unspecified atom stereocenters. The fourth-order valence-corrected chi connectivity index (χ4v) is 4.14. The molecule has 2 aliphatic heterocycles. The molecule has 1 saturated heterocycles. The zero-order valence-corrected chi connectivity index (χ0v) is 14.1. The molecule has 0 aliphatic carbocycles. The van der Waals surface area contributed by atoms with Gasteiger partial charge in [0.15, 0.2) is 0 Å². The van der Waals surface area contributed by atoms with Gasteiger partial charge in [-0.15, -0.1) is 11.8 Å². The Kier molecular flexibility index (Phi) is 4.73. The molecule has 2 heterocycles. The first-order valence-corrected chi connectivity index (χ1v) is 8.61. The predicted molar refractivity (Wildman–Crippen MR) is 90.9 cm³/mol. The number of likely N-dealkylation sites (N-methyl/N-ethyl adjacent to an activating group) is 1. The first-order valence-electron chi connectivity index (χ1n) is 7.62. The highest BCUT2D eigenvalue weighted by Crippen LogP contribution is 2.37. The van der Waals surface area contributed by atoms with Crippen molar-refractivity contribution in [2.75, 3.05) is 33.0 Å². The Balaban J connectivity index is 1.84. The van der Waals surface area contributed by atoms with Crippen LogP contribution in [0.25, 0.3) is 4.91 Å². The Morgan fingerprint density at radius 3 is 2.65 bits per heavy atom. The van der Waals surface area contributed by atoms with Crippen molar-refractivity contribution in [1.82, 2.24) is 9.80 Å². The van der Waals surface area contributed by atoms with Gasteiger partial charge in [0, 0.05) is 16.7 Å². The van der Waals surface area contributed by atoms with Gasteiger partial charge in [-0.25, -0.2) is 9.69 Å². The van der Waals surface area contributed by atoms with Crippen LogP contribution in [0.3, 0.4) is 0 Å². The third kappa shape index (κ3) is 3.28. The van der Waals surface area contributed by atoms with Crippen LogP contribution >= 0.6 is 11.8 Å². The lowest BCUT2D eigenvalue weighted by molar-refractivity contribution is -0.132. The van der Waals surface area contributed by atoms with Crippen LogP contribution in [0.15, 0.2) is 36.4 Å². The number of carbonyl (C=O) groups is 2. The second kappa shape index (κ2) is 6.76. The highest BCUT2D eigenvalue weighted by molar-refractivity contribution is 8.08. The van der Waals surface area contributed by atoms with E-state index in [1.807, 2.05) is 37.2 Å². The summed E-state index contributed by atoms with van der Waals surface area (Å²) < 4.78 is 4.89. The maximum absolute atomic E-state index is 12.7. The molecule has 1 fully saturated rings. The number of carbonyl (C=O) groups excluding carboxylic acids is 2. The van der Waals surface area contributed by atoms with Gasteiger partial charge in [-0.2, -0.15) is 0 Å². The molecule has 1 aromatic rings. The number of rotatable bonds is 3. The van der Waals surface area contributed by atoms with Crippen molar-refractivity contribution in [1.29, 1.82) is 0 Å². The van der Waals surface area contributed by atoms with Crippen molar-refractivity contribution >= 4 is 28.7 Å². The van der Waals surface area contributed by atoms with Crippen molar-refractivity contribution in [3.05, 3.63) is 42.0 Å². The molecule has 0 radical (unpaired) electrons. The van der Waals surface area contributed by atoms with Crippen LogP contribution in [0, 0.1) is 5.92 Å². The molecule has 2 atom stereocenters. The molecular formula is C17H20N2O3S. The average molecular weight is 332 g/mol. The van der Waals surface area contributed by atoms with E-state index in [0.29, 0.717) is 18.9 Å². The van der Waals surface area contributed by atoms with Crippen molar-refractivity contribution in [2.24, 2.45) is 5.92 Å². The number of hydrogen-bond donors (Lipinski definition) is 0. The summed E-state index contributed by atoms with van der Waals surface area (Å²) in [6.45, 7) is 0.649. The van der Waals surface area contributed by atoms with Crippen LogP contribution in [-0.4, -0.2) is 60.8 Å². The van der Waals surface area contributed by atoms with Gasteiger partial charge in [0.2, 0.25) is 5.91 Å². The van der Waals surface area contributed by atoms with Gasteiger partial charge in [-0.1, -0.05) is 36.4 Å². The summed E-state index contributed by atoms with van der Waals surface area (Å²) in [5.41, 5.74) is 1.16. The number of amides is 2.